The summed E-state index contributed by atoms with van der Waals surface area (Å²) in [7, 11) is -3.75. The van der Waals surface area contributed by atoms with Crippen molar-refractivity contribution in [1.29, 1.82) is 0 Å². The quantitative estimate of drug-likeness (QED) is 0.684. The van der Waals surface area contributed by atoms with E-state index in [0.29, 0.717) is 5.56 Å². The van der Waals surface area contributed by atoms with Gasteiger partial charge in [-0.15, -0.1) is 11.3 Å². The molecule has 0 aliphatic carbocycles. The number of hydrogen-bond donors (Lipinski definition) is 2. The minimum absolute atomic E-state index is 0.143. The van der Waals surface area contributed by atoms with Gasteiger partial charge >= 0.3 is 0 Å². The summed E-state index contributed by atoms with van der Waals surface area (Å²) in [6.07, 6.45) is 0. The smallest absolute Gasteiger partial charge is 0.271 e. The Kier molecular flexibility index (Phi) is 5.06. The SMILES string of the molecule is Cc1ccc(C(=O)Nc2ccccc2NS(=O)(=O)c2cccs2)cc1F. The Labute approximate surface area is 154 Å². The molecule has 8 heteroatoms. The lowest BCUT2D eigenvalue weighted by Gasteiger charge is -2.13. The number of thiophene rings is 1. The molecule has 3 rings (SSSR count). The summed E-state index contributed by atoms with van der Waals surface area (Å²) in [5, 5.41) is 4.27. The zero-order valence-electron chi connectivity index (χ0n) is 13.7. The molecule has 2 aromatic carbocycles. The monoisotopic (exact) mass is 390 g/mol. The Morgan fingerprint density at radius 3 is 2.42 bits per heavy atom. The highest BCUT2D eigenvalue weighted by Gasteiger charge is 2.18. The molecule has 2 N–H and O–H groups in total. The highest BCUT2D eigenvalue weighted by Crippen LogP contribution is 2.26. The maximum Gasteiger partial charge on any atom is 0.271 e. The fraction of sp³-hybridized carbons (Fsp3) is 0.0556. The van der Waals surface area contributed by atoms with E-state index in [1.165, 1.54) is 24.3 Å². The minimum Gasteiger partial charge on any atom is -0.320 e. The van der Waals surface area contributed by atoms with E-state index in [-0.39, 0.29) is 21.1 Å². The van der Waals surface area contributed by atoms with Crippen LogP contribution >= 0.6 is 11.3 Å². The van der Waals surface area contributed by atoms with Gasteiger partial charge in [-0.05, 0) is 48.2 Å². The van der Waals surface area contributed by atoms with E-state index in [1.807, 2.05) is 0 Å². The maximum atomic E-state index is 13.7. The third kappa shape index (κ3) is 3.92. The van der Waals surface area contributed by atoms with E-state index in [2.05, 4.69) is 10.0 Å². The van der Waals surface area contributed by atoms with Crippen LogP contribution < -0.4 is 10.0 Å². The van der Waals surface area contributed by atoms with Crippen LogP contribution in [0.2, 0.25) is 0 Å². The number of anilines is 2. The number of amides is 1. The van der Waals surface area contributed by atoms with Crippen LogP contribution in [0.3, 0.4) is 0 Å². The number of para-hydroxylation sites is 2. The van der Waals surface area contributed by atoms with Crippen LogP contribution in [-0.2, 0) is 10.0 Å². The van der Waals surface area contributed by atoms with Crippen molar-refractivity contribution in [1.82, 2.24) is 0 Å². The lowest BCUT2D eigenvalue weighted by Crippen LogP contribution is -2.16. The summed E-state index contributed by atoms with van der Waals surface area (Å²) in [4.78, 5) is 12.4. The Morgan fingerprint density at radius 1 is 1.04 bits per heavy atom. The number of sulfonamides is 1. The molecule has 1 heterocycles. The van der Waals surface area contributed by atoms with Gasteiger partial charge in [0.2, 0.25) is 0 Å². The second-order valence-electron chi connectivity index (χ2n) is 5.50. The van der Waals surface area contributed by atoms with Crippen molar-refractivity contribution in [3.8, 4) is 0 Å². The standard InChI is InChI=1S/C18H15FN2O3S2/c1-12-8-9-13(11-14(12)19)18(22)20-15-5-2-3-6-16(15)21-26(23,24)17-7-4-10-25-17/h2-11,21H,1H3,(H,20,22). The Bertz CT molecular complexity index is 1050. The lowest BCUT2D eigenvalue weighted by molar-refractivity contribution is 0.102. The highest BCUT2D eigenvalue weighted by atomic mass is 32.2. The zero-order valence-corrected chi connectivity index (χ0v) is 15.3. The normalized spacial score (nSPS) is 11.2. The molecule has 1 aromatic heterocycles. The number of benzene rings is 2. The topological polar surface area (TPSA) is 75.3 Å². The number of rotatable bonds is 5. The van der Waals surface area contributed by atoms with Gasteiger partial charge in [0.1, 0.15) is 10.0 Å². The average Bonchev–Trinajstić information content (AvgIpc) is 3.14. The largest absolute Gasteiger partial charge is 0.320 e. The second-order valence-corrected chi connectivity index (χ2v) is 8.36. The van der Waals surface area contributed by atoms with Gasteiger partial charge < -0.3 is 5.32 Å². The van der Waals surface area contributed by atoms with Gasteiger partial charge in [0.05, 0.1) is 11.4 Å². The van der Waals surface area contributed by atoms with Crippen LogP contribution in [0.4, 0.5) is 15.8 Å². The molecule has 0 spiro atoms. The van der Waals surface area contributed by atoms with Crippen molar-refractivity contribution in [2.24, 2.45) is 0 Å². The fourth-order valence-corrected chi connectivity index (χ4v) is 4.29. The van der Waals surface area contributed by atoms with E-state index in [9.17, 15) is 17.6 Å². The number of halogens is 1. The Balaban J connectivity index is 1.85. The maximum absolute atomic E-state index is 13.7. The molecule has 0 saturated carbocycles. The molecule has 5 nitrogen and oxygen atoms in total. The van der Waals surface area contributed by atoms with Crippen LogP contribution in [0.5, 0.6) is 0 Å². The third-order valence-corrected chi connectivity index (χ3v) is 6.38. The summed E-state index contributed by atoms with van der Waals surface area (Å²) in [6.45, 7) is 1.60. The van der Waals surface area contributed by atoms with E-state index in [0.717, 1.165) is 17.4 Å². The summed E-state index contributed by atoms with van der Waals surface area (Å²) in [5.74, 6) is -1.02. The molecule has 0 saturated heterocycles. The number of hydrogen-bond acceptors (Lipinski definition) is 4. The molecule has 0 unspecified atom stereocenters. The fourth-order valence-electron chi connectivity index (χ4n) is 2.22. The van der Waals surface area contributed by atoms with Crippen LogP contribution in [0.15, 0.2) is 64.2 Å². The van der Waals surface area contributed by atoms with Gasteiger partial charge in [-0.2, -0.15) is 0 Å². The number of carbonyl (C=O) groups excluding carboxylic acids is 1. The highest BCUT2D eigenvalue weighted by molar-refractivity contribution is 7.94. The molecule has 0 fully saturated rings. The van der Waals surface area contributed by atoms with E-state index >= 15 is 0 Å². The van der Waals surface area contributed by atoms with Crippen molar-refractivity contribution >= 4 is 38.6 Å². The van der Waals surface area contributed by atoms with Crippen molar-refractivity contribution < 1.29 is 17.6 Å². The van der Waals surface area contributed by atoms with Gasteiger partial charge in [0.25, 0.3) is 15.9 Å². The molecular formula is C18H15FN2O3S2. The lowest BCUT2D eigenvalue weighted by atomic mass is 10.1. The first-order valence-electron chi connectivity index (χ1n) is 7.60. The Morgan fingerprint density at radius 2 is 1.77 bits per heavy atom. The van der Waals surface area contributed by atoms with Crippen LogP contribution in [-0.4, -0.2) is 14.3 Å². The number of carbonyl (C=O) groups is 1. The van der Waals surface area contributed by atoms with E-state index in [1.54, 1.807) is 36.6 Å². The van der Waals surface area contributed by atoms with Crippen LogP contribution in [0.1, 0.15) is 15.9 Å². The number of aryl methyl sites for hydroxylation is 1. The van der Waals surface area contributed by atoms with Gasteiger partial charge in [-0.25, -0.2) is 12.8 Å². The molecule has 134 valence electrons. The van der Waals surface area contributed by atoms with Crippen LogP contribution in [0.25, 0.3) is 0 Å². The molecule has 0 bridgehead atoms. The third-order valence-electron chi connectivity index (χ3n) is 3.61. The first kappa shape index (κ1) is 18.1. The molecule has 0 atom stereocenters. The van der Waals surface area contributed by atoms with E-state index in [4.69, 9.17) is 0 Å². The first-order valence-corrected chi connectivity index (χ1v) is 9.96. The minimum atomic E-state index is -3.75. The van der Waals surface area contributed by atoms with Gasteiger partial charge in [0, 0.05) is 5.56 Å². The van der Waals surface area contributed by atoms with Crippen molar-refractivity contribution in [2.45, 2.75) is 11.1 Å². The van der Waals surface area contributed by atoms with Gasteiger partial charge in [-0.1, -0.05) is 24.3 Å². The molecule has 0 radical (unpaired) electrons. The average molecular weight is 390 g/mol. The van der Waals surface area contributed by atoms with Crippen molar-refractivity contribution in [2.75, 3.05) is 10.0 Å². The molecule has 0 aliphatic heterocycles. The van der Waals surface area contributed by atoms with E-state index < -0.39 is 21.7 Å². The van der Waals surface area contributed by atoms with Crippen LogP contribution in [0, 0.1) is 12.7 Å². The van der Waals surface area contributed by atoms with Gasteiger partial charge in [-0.3, -0.25) is 9.52 Å². The predicted molar refractivity (Wildman–Crippen MR) is 101 cm³/mol. The van der Waals surface area contributed by atoms with Gasteiger partial charge in [0.15, 0.2) is 0 Å². The number of nitrogens with one attached hydrogen (secondary N) is 2. The zero-order chi connectivity index (χ0) is 18.7. The molecule has 1 amide bonds. The summed E-state index contributed by atoms with van der Waals surface area (Å²) in [6, 6.07) is 13.7. The molecule has 26 heavy (non-hydrogen) atoms. The summed E-state index contributed by atoms with van der Waals surface area (Å²) in [5.41, 5.74) is 1.08. The predicted octanol–water partition coefficient (Wildman–Crippen LogP) is 4.25. The summed E-state index contributed by atoms with van der Waals surface area (Å²) >= 11 is 1.09. The van der Waals surface area contributed by atoms with Crippen molar-refractivity contribution in [3.63, 3.8) is 0 Å². The molecule has 3 aromatic rings. The van der Waals surface area contributed by atoms with Crippen molar-refractivity contribution in [3.05, 3.63) is 76.9 Å². The molecule has 0 aliphatic rings. The second kappa shape index (κ2) is 7.27. The first-order chi connectivity index (χ1) is 12.4. The summed E-state index contributed by atoms with van der Waals surface area (Å²) < 4.78 is 41.1. The molecular weight excluding hydrogens is 375 g/mol. The Hall–Kier alpha value is -2.71.